The van der Waals surface area contributed by atoms with E-state index in [1.807, 2.05) is 35.7 Å². The first kappa shape index (κ1) is 23.0. The van der Waals surface area contributed by atoms with E-state index >= 15 is 0 Å². The van der Waals surface area contributed by atoms with Gasteiger partial charge < -0.3 is 20.1 Å². The Hall–Kier alpha value is -2.68. The van der Waals surface area contributed by atoms with Crippen molar-refractivity contribution in [3.8, 4) is 11.5 Å². The summed E-state index contributed by atoms with van der Waals surface area (Å²) in [6.45, 7) is 1.80. The van der Waals surface area contributed by atoms with E-state index in [1.165, 1.54) is 37.3 Å². The number of hydrogen-bond donors (Lipinski definition) is 2. The largest absolute Gasteiger partial charge is 0.495 e. The van der Waals surface area contributed by atoms with Gasteiger partial charge in [0.15, 0.2) is 0 Å². The zero-order valence-electron chi connectivity index (χ0n) is 17.1. The molecule has 0 saturated heterocycles. The number of amides is 2. The van der Waals surface area contributed by atoms with Crippen LogP contribution in [0.5, 0.6) is 11.5 Å². The van der Waals surface area contributed by atoms with Gasteiger partial charge in [0, 0.05) is 16.6 Å². The van der Waals surface area contributed by atoms with Gasteiger partial charge in [-0.2, -0.15) is 0 Å². The predicted molar refractivity (Wildman–Crippen MR) is 127 cm³/mol. The number of anilines is 2. The molecule has 3 rings (SSSR count). The number of hydrogen-bond acceptors (Lipinski definition) is 6. The quantitative estimate of drug-likeness (QED) is 0.402. The molecule has 3 aromatic rings. The second kappa shape index (κ2) is 10.6. The minimum atomic E-state index is -0.408. The van der Waals surface area contributed by atoms with Crippen molar-refractivity contribution >= 4 is 57.9 Å². The van der Waals surface area contributed by atoms with Crippen LogP contribution in [0.25, 0.3) is 0 Å². The van der Waals surface area contributed by atoms with Crippen molar-refractivity contribution in [3.05, 3.63) is 63.8 Å². The lowest BCUT2D eigenvalue weighted by Gasteiger charge is -2.16. The molecule has 0 fully saturated rings. The smallest absolute Gasteiger partial charge is 0.265 e. The van der Waals surface area contributed by atoms with Crippen LogP contribution in [0.3, 0.4) is 0 Å². The Morgan fingerprint density at radius 2 is 1.81 bits per heavy atom. The van der Waals surface area contributed by atoms with E-state index in [0.29, 0.717) is 32.8 Å². The maximum Gasteiger partial charge on any atom is 0.265 e. The molecule has 1 heterocycles. The molecule has 31 heavy (non-hydrogen) atoms. The highest BCUT2D eigenvalue weighted by Crippen LogP contribution is 2.36. The summed E-state index contributed by atoms with van der Waals surface area (Å²) >= 11 is 8.93. The second-order valence-corrected chi connectivity index (χ2v) is 9.16. The first-order chi connectivity index (χ1) is 14.9. The highest BCUT2D eigenvalue weighted by Gasteiger charge is 2.18. The van der Waals surface area contributed by atoms with Crippen LogP contribution in [0.2, 0.25) is 5.02 Å². The zero-order valence-corrected chi connectivity index (χ0v) is 19.5. The molecule has 162 valence electrons. The fourth-order valence-electron chi connectivity index (χ4n) is 2.70. The molecule has 1 unspecified atom stereocenters. The Labute approximate surface area is 193 Å². The summed E-state index contributed by atoms with van der Waals surface area (Å²) in [5.74, 6) is 0.536. The molecule has 9 heteroatoms. The van der Waals surface area contributed by atoms with E-state index < -0.39 is 5.25 Å². The van der Waals surface area contributed by atoms with Gasteiger partial charge in [0.2, 0.25) is 5.91 Å². The summed E-state index contributed by atoms with van der Waals surface area (Å²) < 4.78 is 10.5. The first-order valence-corrected chi connectivity index (χ1v) is 11.4. The number of methoxy groups -OCH3 is 2. The van der Waals surface area contributed by atoms with E-state index in [9.17, 15) is 9.59 Å². The number of carbonyl (C=O) groups excluding carboxylic acids is 2. The summed E-state index contributed by atoms with van der Waals surface area (Å²) in [6.07, 6.45) is 0. The molecule has 1 aromatic heterocycles. The highest BCUT2D eigenvalue weighted by atomic mass is 35.5. The van der Waals surface area contributed by atoms with Crippen LogP contribution < -0.4 is 20.1 Å². The van der Waals surface area contributed by atoms with E-state index in [0.717, 1.165) is 4.90 Å². The third-order valence-corrected chi connectivity index (χ3v) is 6.51. The number of thiophene rings is 1. The first-order valence-electron chi connectivity index (χ1n) is 9.25. The summed E-state index contributed by atoms with van der Waals surface area (Å²) in [5.41, 5.74) is 1.13. The Morgan fingerprint density at radius 3 is 2.48 bits per heavy atom. The van der Waals surface area contributed by atoms with Crippen molar-refractivity contribution in [2.24, 2.45) is 0 Å². The highest BCUT2D eigenvalue weighted by molar-refractivity contribution is 8.00. The van der Waals surface area contributed by atoms with Crippen molar-refractivity contribution < 1.29 is 19.1 Å². The van der Waals surface area contributed by atoms with Crippen LogP contribution in [-0.2, 0) is 4.79 Å². The predicted octanol–water partition coefficient (Wildman–Crippen LogP) is 5.79. The van der Waals surface area contributed by atoms with Gasteiger partial charge in [-0.15, -0.1) is 23.1 Å². The van der Waals surface area contributed by atoms with Crippen LogP contribution >= 0.6 is 34.7 Å². The molecule has 0 aliphatic heterocycles. The molecule has 0 radical (unpaired) electrons. The molecular formula is C22H21ClN2O4S2. The minimum absolute atomic E-state index is 0.161. The van der Waals surface area contributed by atoms with Gasteiger partial charge in [-0.25, -0.2) is 0 Å². The molecule has 6 nitrogen and oxygen atoms in total. The number of rotatable bonds is 8. The summed E-state index contributed by atoms with van der Waals surface area (Å²) in [5, 5.41) is 7.53. The van der Waals surface area contributed by atoms with E-state index in [1.54, 1.807) is 25.1 Å². The summed E-state index contributed by atoms with van der Waals surface area (Å²) in [7, 11) is 3.01. The maximum absolute atomic E-state index is 12.7. The van der Waals surface area contributed by atoms with Crippen molar-refractivity contribution in [3.63, 3.8) is 0 Å². The molecule has 0 saturated carbocycles. The van der Waals surface area contributed by atoms with Crippen LogP contribution in [-0.4, -0.2) is 31.3 Å². The molecule has 0 aliphatic rings. The monoisotopic (exact) mass is 476 g/mol. The number of carbonyl (C=O) groups is 2. The summed E-state index contributed by atoms with van der Waals surface area (Å²) in [6, 6.07) is 14.2. The third kappa shape index (κ3) is 5.94. The van der Waals surface area contributed by atoms with Gasteiger partial charge in [-0.1, -0.05) is 23.7 Å². The zero-order chi connectivity index (χ0) is 22.4. The SMILES string of the molecule is COc1cc(OC)c(NC(=O)C(C)Sc2cccc(NC(=O)c3cccs3)c2)cc1Cl. The number of halogens is 1. The van der Waals surface area contributed by atoms with Gasteiger partial charge in [-0.3, -0.25) is 9.59 Å². The Kier molecular flexibility index (Phi) is 7.84. The molecule has 1 atom stereocenters. The van der Waals surface area contributed by atoms with Crippen LogP contribution in [0.4, 0.5) is 11.4 Å². The van der Waals surface area contributed by atoms with Crippen molar-refractivity contribution in [2.75, 3.05) is 24.9 Å². The van der Waals surface area contributed by atoms with Gasteiger partial charge in [0.1, 0.15) is 11.5 Å². The van der Waals surface area contributed by atoms with Gasteiger partial charge in [0.05, 0.1) is 35.1 Å². The van der Waals surface area contributed by atoms with Gasteiger partial charge in [-0.05, 0) is 42.6 Å². The number of benzene rings is 2. The number of ether oxygens (including phenoxy) is 2. The normalized spacial score (nSPS) is 11.5. The van der Waals surface area contributed by atoms with E-state index in [-0.39, 0.29) is 11.8 Å². The Bertz CT molecular complexity index is 1070. The fraction of sp³-hybridized carbons (Fsp3) is 0.182. The van der Waals surface area contributed by atoms with E-state index in [2.05, 4.69) is 10.6 Å². The maximum atomic E-state index is 12.7. The molecule has 0 spiro atoms. The topological polar surface area (TPSA) is 76.7 Å². The van der Waals surface area contributed by atoms with Crippen LogP contribution in [0.15, 0.2) is 58.8 Å². The average Bonchev–Trinajstić information content (AvgIpc) is 3.29. The summed E-state index contributed by atoms with van der Waals surface area (Å²) in [4.78, 5) is 26.5. The van der Waals surface area contributed by atoms with Gasteiger partial charge in [0.25, 0.3) is 5.91 Å². The lowest BCUT2D eigenvalue weighted by molar-refractivity contribution is -0.115. The molecule has 2 amide bonds. The standard InChI is InChI=1S/C22H21ClN2O4S2/c1-13(21(26)25-17-11-16(23)18(28-2)12-19(17)29-3)31-15-7-4-6-14(10-15)24-22(27)20-8-5-9-30-20/h4-13H,1-3H3,(H,24,27)(H,25,26). The molecule has 0 bridgehead atoms. The minimum Gasteiger partial charge on any atom is -0.495 e. The lowest BCUT2D eigenvalue weighted by atomic mass is 10.2. The Balaban J connectivity index is 1.66. The second-order valence-electron chi connectivity index (χ2n) is 6.40. The van der Waals surface area contributed by atoms with Gasteiger partial charge >= 0.3 is 0 Å². The molecule has 2 N–H and O–H groups in total. The van der Waals surface area contributed by atoms with Crippen molar-refractivity contribution in [2.45, 2.75) is 17.1 Å². The molecule has 2 aromatic carbocycles. The van der Waals surface area contributed by atoms with E-state index in [4.69, 9.17) is 21.1 Å². The number of nitrogens with one attached hydrogen (secondary N) is 2. The molecular weight excluding hydrogens is 456 g/mol. The van der Waals surface area contributed by atoms with Crippen molar-refractivity contribution in [1.82, 2.24) is 0 Å². The third-order valence-electron chi connectivity index (χ3n) is 4.25. The number of thioether (sulfide) groups is 1. The Morgan fingerprint density at radius 1 is 1.03 bits per heavy atom. The molecule has 0 aliphatic carbocycles. The lowest BCUT2D eigenvalue weighted by Crippen LogP contribution is -2.22. The average molecular weight is 477 g/mol. The van der Waals surface area contributed by atoms with Crippen LogP contribution in [0, 0.1) is 0 Å². The van der Waals surface area contributed by atoms with Crippen LogP contribution in [0.1, 0.15) is 16.6 Å². The van der Waals surface area contributed by atoms with Crippen molar-refractivity contribution in [1.29, 1.82) is 0 Å². The fourth-order valence-corrected chi connectivity index (χ4v) is 4.48.